The predicted molar refractivity (Wildman–Crippen MR) is 70.9 cm³/mol. The Morgan fingerprint density at radius 2 is 1.33 bits per heavy atom. The second kappa shape index (κ2) is 6.40. The Morgan fingerprint density at radius 3 is 1.61 bits per heavy atom. The van der Waals surface area contributed by atoms with Gasteiger partial charge >= 0.3 is 41.5 Å². The average Bonchev–Trinajstić information content (AvgIpc) is 2.16. The molecule has 0 bridgehead atoms. The van der Waals surface area contributed by atoms with Crippen molar-refractivity contribution in [1.82, 2.24) is 0 Å². The maximum atomic E-state index is 11.6. The monoisotopic (exact) mass is 266 g/mol. The molecular weight excluding hydrogens is 243 g/mol. The molecule has 18 heavy (non-hydrogen) atoms. The molecule has 0 spiro atoms. The summed E-state index contributed by atoms with van der Waals surface area (Å²) in [5, 5.41) is 19.0. The van der Waals surface area contributed by atoms with Gasteiger partial charge in [0.2, 0.25) is 0 Å². The first-order valence-electron chi connectivity index (χ1n) is 6.21. The van der Waals surface area contributed by atoms with E-state index in [4.69, 9.17) is 0 Å². The van der Waals surface area contributed by atoms with Crippen LogP contribution in [-0.4, -0.2) is 51.7 Å². The van der Waals surface area contributed by atoms with Gasteiger partial charge in [0.25, 0.3) is 0 Å². The summed E-state index contributed by atoms with van der Waals surface area (Å²) in [4.78, 5) is 23.3. The van der Waals surface area contributed by atoms with Crippen LogP contribution >= 0.6 is 0 Å². The van der Waals surface area contributed by atoms with E-state index in [1.807, 2.05) is 0 Å². The Kier molecular flexibility index (Phi) is 6.38. The zero-order chi connectivity index (χ0) is 13.3. The van der Waals surface area contributed by atoms with E-state index in [0.717, 1.165) is 19.3 Å². The molecule has 0 aromatic carbocycles. The Hall–Kier alpha value is -0.0600. The number of carboxylic acids is 2. The molecule has 1 saturated carbocycles. The standard InChI is InChI=1S/C13H22O4.Na.H/c1-12(2,3)13(10(14)15,11(16)17)9-7-5-4-6-8-9;;/h9H,4-8H2,1-3H3,(H,14,15)(H,16,17);;. The Labute approximate surface area is 130 Å². The third-order valence-electron chi connectivity index (χ3n) is 4.08. The molecule has 1 rings (SSSR count). The maximum absolute atomic E-state index is 11.6. The first-order valence-corrected chi connectivity index (χ1v) is 6.21. The topological polar surface area (TPSA) is 74.6 Å². The van der Waals surface area contributed by atoms with E-state index < -0.39 is 22.8 Å². The first-order chi connectivity index (χ1) is 7.74. The van der Waals surface area contributed by atoms with Crippen LogP contribution in [0.2, 0.25) is 0 Å². The van der Waals surface area contributed by atoms with Gasteiger partial charge in [-0.2, -0.15) is 0 Å². The summed E-state index contributed by atoms with van der Waals surface area (Å²) in [5.41, 5.74) is -2.44. The minimum absolute atomic E-state index is 0. The molecule has 0 aromatic heterocycles. The van der Waals surface area contributed by atoms with Gasteiger partial charge in [-0.3, -0.25) is 9.59 Å². The number of aliphatic carboxylic acids is 2. The second-order valence-corrected chi connectivity index (χ2v) is 6.00. The van der Waals surface area contributed by atoms with Crippen molar-refractivity contribution in [3.63, 3.8) is 0 Å². The molecule has 1 fully saturated rings. The van der Waals surface area contributed by atoms with Gasteiger partial charge in [-0.05, 0) is 24.2 Å². The second-order valence-electron chi connectivity index (χ2n) is 6.00. The SMILES string of the molecule is CC(C)(C)C(C(=O)O)(C(=O)O)C1CCCCC1.[NaH]. The summed E-state index contributed by atoms with van der Waals surface area (Å²) in [6.07, 6.45) is 4.35. The van der Waals surface area contributed by atoms with Gasteiger partial charge in [-0.15, -0.1) is 0 Å². The van der Waals surface area contributed by atoms with E-state index in [1.54, 1.807) is 20.8 Å². The minimum atomic E-state index is -1.66. The average molecular weight is 266 g/mol. The fourth-order valence-corrected chi connectivity index (χ4v) is 3.23. The van der Waals surface area contributed by atoms with Crippen molar-refractivity contribution in [3.8, 4) is 0 Å². The number of carbonyl (C=O) groups is 2. The van der Waals surface area contributed by atoms with E-state index in [-0.39, 0.29) is 35.5 Å². The van der Waals surface area contributed by atoms with Crippen LogP contribution in [0.25, 0.3) is 0 Å². The zero-order valence-corrected chi connectivity index (χ0v) is 10.8. The fourth-order valence-electron chi connectivity index (χ4n) is 3.23. The van der Waals surface area contributed by atoms with Gasteiger partial charge in [-0.1, -0.05) is 40.0 Å². The van der Waals surface area contributed by atoms with E-state index in [2.05, 4.69) is 0 Å². The Bertz CT molecular complexity index is 299. The third kappa shape index (κ3) is 2.91. The van der Waals surface area contributed by atoms with Gasteiger partial charge in [0.05, 0.1) is 0 Å². The van der Waals surface area contributed by atoms with Gasteiger partial charge < -0.3 is 10.2 Å². The molecule has 4 nitrogen and oxygen atoms in total. The molecule has 0 aromatic rings. The van der Waals surface area contributed by atoms with Gasteiger partial charge in [0.1, 0.15) is 0 Å². The summed E-state index contributed by atoms with van der Waals surface area (Å²) < 4.78 is 0. The Morgan fingerprint density at radius 1 is 0.944 bits per heavy atom. The van der Waals surface area contributed by atoms with Crippen molar-refractivity contribution in [3.05, 3.63) is 0 Å². The van der Waals surface area contributed by atoms with Crippen molar-refractivity contribution in [2.45, 2.75) is 52.9 Å². The van der Waals surface area contributed by atoms with E-state index >= 15 is 0 Å². The van der Waals surface area contributed by atoms with Crippen LogP contribution in [0.5, 0.6) is 0 Å². The van der Waals surface area contributed by atoms with Crippen LogP contribution < -0.4 is 0 Å². The van der Waals surface area contributed by atoms with Crippen molar-refractivity contribution in [2.24, 2.45) is 16.7 Å². The number of hydrogen-bond acceptors (Lipinski definition) is 2. The molecule has 0 atom stereocenters. The van der Waals surface area contributed by atoms with Crippen LogP contribution in [0.4, 0.5) is 0 Å². The summed E-state index contributed by atoms with van der Waals surface area (Å²) in [6.45, 7) is 5.14. The van der Waals surface area contributed by atoms with E-state index in [9.17, 15) is 19.8 Å². The van der Waals surface area contributed by atoms with Crippen LogP contribution in [0.1, 0.15) is 52.9 Å². The third-order valence-corrected chi connectivity index (χ3v) is 4.08. The molecule has 1 aliphatic rings. The van der Waals surface area contributed by atoms with Gasteiger partial charge in [-0.25, -0.2) is 0 Å². The van der Waals surface area contributed by atoms with Crippen molar-refractivity contribution < 1.29 is 19.8 Å². The van der Waals surface area contributed by atoms with Crippen LogP contribution in [-0.2, 0) is 9.59 Å². The molecule has 0 saturated heterocycles. The molecule has 0 radical (unpaired) electrons. The predicted octanol–water partition coefficient (Wildman–Crippen LogP) is 2.12. The molecule has 2 N–H and O–H groups in total. The van der Waals surface area contributed by atoms with Crippen molar-refractivity contribution >= 4 is 41.5 Å². The summed E-state index contributed by atoms with van der Waals surface area (Å²) >= 11 is 0. The Balaban J connectivity index is 0.00000289. The van der Waals surface area contributed by atoms with E-state index in [0.29, 0.717) is 12.8 Å². The molecule has 0 heterocycles. The number of carboxylic acid groups (broad SMARTS) is 2. The number of hydrogen-bond donors (Lipinski definition) is 2. The molecule has 0 aliphatic heterocycles. The molecule has 5 heteroatoms. The quantitative estimate of drug-likeness (QED) is 0.606. The van der Waals surface area contributed by atoms with Gasteiger partial charge in [0.15, 0.2) is 5.41 Å². The van der Waals surface area contributed by atoms with E-state index in [1.165, 1.54) is 0 Å². The summed E-state index contributed by atoms with van der Waals surface area (Å²) in [5.74, 6) is -2.64. The molecular formula is C13H23NaO4. The van der Waals surface area contributed by atoms with Crippen LogP contribution in [0, 0.1) is 16.7 Å². The fraction of sp³-hybridized carbons (Fsp3) is 0.846. The van der Waals surface area contributed by atoms with Gasteiger partial charge in [0, 0.05) is 0 Å². The first kappa shape index (κ1) is 17.9. The molecule has 100 valence electrons. The van der Waals surface area contributed by atoms with Crippen molar-refractivity contribution in [2.75, 3.05) is 0 Å². The van der Waals surface area contributed by atoms with Crippen LogP contribution in [0.3, 0.4) is 0 Å². The summed E-state index contributed by atoms with van der Waals surface area (Å²) in [6, 6.07) is 0. The molecule has 1 aliphatic carbocycles. The number of rotatable bonds is 3. The molecule has 0 amide bonds. The molecule has 0 unspecified atom stereocenters. The summed E-state index contributed by atoms with van der Waals surface area (Å²) in [7, 11) is 0. The zero-order valence-electron chi connectivity index (χ0n) is 10.8. The normalized spacial score (nSPS) is 17.9. The van der Waals surface area contributed by atoms with Crippen LogP contribution in [0.15, 0.2) is 0 Å². The van der Waals surface area contributed by atoms with Crippen molar-refractivity contribution in [1.29, 1.82) is 0 Å².